The third-order valence-corrected chi connectivity index (χ3v) is 4.79. The summed E-state index contributed by atoms with van der Waals surface area (Å²) in [6.07, 6.45) is 7.36. The molecule has 0 unspecified atom stereocenters. The highest BCUT2D eigenvalue weighted by Crippen LogP contribution is 2.32. The molecule has 0 N–H and O–H groups in total. The van der Waals surface area contributed by atoms with Gasteiger partial charge in [-0.15, -0.1) is 0 Å². The Bertz CT molecular complexity index is 700. The normalized spacial score (nSPS) is 14.9. The molecule has 1 heterocycles. The van der Waals surface area contributed by atoms with E-state index in [0.29, 0.717) is 12.3 Å². The van der Waals surface area contributed by atoms with Crippen molar-refractivity contribution in [2.45, 2.75) is 64.7 Å². The van der Waals surface area contributed by atoms with Crippen LogP contribution in [0.3, 0.4) is 0 Å². The van der Waals surface area contributed by atoms with Crippen LogP contribution in [0.4, 0.5) is 0 Å². The Morgan fingerprint density at radius 1 is 1.04 bits per heavy atom. The Balaban J connectivity index is 1.78. The van der Waals surface area contributed by atoms with Gasteiger partial charge in [0.1, 0.15) is 11.6 Å². The molecule has 2 aromatic rings. The minimum atomic E-state index is 0.201. The van der Waals surface area contributed by atoms with Crippen LogP contribution in [0.5, 0.6) is 0 Å². The Labute approximate surface area is 144 Å². The molecule has 1 aliphatic carbocycles. The quantitative estimate of drug-likeness (QED) is 0.790. The van der Waals surface area contributed by atoms with Crippen molar-refractivity contribution in [3.8, 4) is 0 Å². The van der Waals surface area contributed by atoms with E-state index in [4.69, 9.17) is 9.97 Å². The van der Waals surface area contributed by atoms with Gasteiger partial charge in [0.25, 0.3) is 0 Å². The summed E-state index contributed by atoms with van der Waals surface area (Å²) >= 11 is 0. The van der Waals surface area contributed by atoms with Crippen LogP contribution >= 0.6 is 0 Å². The molecule has 1 aromatic heterocycles. The fraction of sp³-hybridized carbons (Fsp3) is 0.476. The highest BCUT2D eigenvalue weighted by Gasteiger charge is 2.20. The van der Waals surface area contributed by atoms with Crippen molar-refractivity contribution in [3.63, 3.8) is 0 Å². The first kappa shape index (κ1) is 16.8. The predicted molar refractivity (Wildman–Crippen MR) is 96.3 cm³/mol. The second kappa shape index (κ2) is 7.69. The molecule has 3 nitrogen and oxygen atoms in total. The molecule has 0 saturated heterocycles. The number of aromatic nitrogens is 2. The molecule has 1 fully saturated rings. The van der Waals surface area contributed by atoms with Crippen LogP contribution < -0.4 is 0 Å². The Kier molecular flexibility index (Phi) is 5.39. The van der Waals surface area contributed by atoms with Crippen LogP contribution in [0.15, 0.2) is 30.3 Å². The fourth-order valence-corrected chi connectivity index (χ4v) is 3.49. The van der Waals surface area contributed by atoms with E-state index in [0.717, 1.165) is 35.6 Å². The molecule has 0 spiro atoms. The van der Waals surface area contributed by atoms with Crippen molar-refractivity contribution in [2.75, 3.05) is 0 Å². The number of Topliss-reactive ketones (excluding diaryl/α,β-unsaturated/α-hetero) is 1. The zero-order valence-electron chi connectivity index (χ0n) is 14.7. The lowest BCUT2D eigenvalue weighted by molar-refractivity contribution is -0.116. The summed E-state index contributed by atoms with van der Waals surface area (Å²) in [5.74, 6) is 1.80. The van der Waals surface area contributed by atoms with Crippen LogP contribution in [-0.4, -0.2) is 15.8 Å². The van der Waals surface area contributed by atoms with E-state index in [1.54, 1.807) is 6.92 Å². The van der Waals surface area contributed by atoms with E-state index in [1.807, 2.05) is 0 Å². The topological polar surface area (TPSA) is 42.9 Å². The number of hydrogen-bond donors (Lipinski definition) is 0. The Morgan fingerprint density at radius 3 is 2.29 bits per heavy atom. The molecule has 0 aliphatic heterocycles. The van der Waals surface area contributed by atoms with Crippen LogP contribution in [0, 0.1) is 0 Å². The third kappa shape index (κ3) is 4.28. The predicted octanol–water partition coefficient (Wildman–Crippen LogP) is 4.42. The minimum Gasteiger partial charge on any atom is -0.300 e. The molecule has 1 saturated carbocycles. The van der Waals surface area contributed by atoms with Crippen LogP contribution in [0.2, 0.25) is 0 Å². The second-order valence-electron chi connectivity index (χ2n) is 6.92. The van der Waals surface area contributed by atoms with Gasteiger partial charge >= 0.3 is 0 Å². The largest absolute Gasteiger partial charge is 0.300 e. The van der Waals surface area contributed by atoms with Gasteiger partial charge in [-0.3, -0.25) is 4.79 Å². The second-order valence-corrected chi connectivity index (χ2v) is 6.92. The Hall–Kier alpha value is -2.03. The monoisotopic (exact) mass is 322 g/mol. The number of rotatable bonds is 6. The van der Waals surface area contributed by atoms with Crippen molar-refractivity contribution in [1.82, 2.24) is 9.97 Å². The molecular formula is C21H26N2O. The van der Waals surface area contributed by atoms with E-state index < -0.39 is 0 Å². The standard InChI is InChI=1S/C21H26N2O/c1-3-19-14-20(23-21(22-19)18-6-4-5-7-18)13-17-10-8-16(9-11-17)12-15(2)24/h8-11,14,18H,3-7,12-13H2,1-2H3. The average molecular weight is 322 g/mol. The Morgan fingerprint density at radius 2 is 1.67 bits per heavy atom. The van der Waals surface area contributed by atoms with Crippen molar-refractivity contribution in [1.29, 1.82) is 0 Å². The molecule has 1 aromatic carbocycles. The van der Waals surface area contributed by atoms with Crippen molar-refractivity contribution >= 4 is 5.78 Å². The first-order chi connectivity index (χ1) is 11.6. The lowest BCUT2D eigenvalue weighted by atomic mass is 10.0. The molecule has 1 aliphatic rings. The molecule has 126 valence electrons. The van der Waals surface area contributed by atoms with Gasteiger partial charge in [0.15, 0.2) is 0 Å². The number of benzene rings is 1. The number of hydrogen-bond acceptors (Lipinski definition) is 3. The van der Waals surface area contributed by atoms with Gasteiger partial charge in [0.2, 0.25) is 0 Å². The molecule has 0 amide bonds. The maximum atomic E-state index is 11.2. The van der Waals surface area contributed by atoms with Crippen LogP contribution in [0.25, 0.3) is 0 Å². The molecule has 0 atom stereocenters. The third-order valence-electron chi connectivity index (χ3n) is 4.79. The summed E-state index contributed by atoms with van der Waals surface area (Å²) in [5.41, 5.74) is 4.58. The average Bonchev–Trinajstić information content (AvgIpc) is 3.10. The number of nitrogens with zero attached hydrogens (tertiary/aromatic N) is 2. The van der Waals surface area contributed by atoms with E-state index in [-0.39, 0.29) is 5.78 Å². The maximum absolute atomic E-state index is 11.2. The van der Waals surface area contributed by atoms with E-state index >= 15 is 0 Å². The maximum Gasteiger partial charge on any atom is 0.134 e. The van der Waals surface area contributed by atoms with Gasteiger partial charge in [0, 0.05) is 30.1 Å². The summed E-state index contributed by atoms with van der Waals surface area (Å²) < 4.78 is 0. The molecule has 24 heavy (non-hydrogen) atoms. The van der Waals surface area contributed by atoms with Crippen molar-refractivity contribution in [3.05, 3.63) is 58.7 Å². The molecular weight excluding hydrogens is 296 g/mol. The van der Waals surface area contributed by atoms with Gasteiger partial charge in [-0.25, -0.2) is 9.97 Å². The van der Waals surface area contributed by atoms with E-state index in [9.17, 15) is 4.79 Å². The molecule has 3 heteroatoms. The SMILES string of the molecule is CCc1cc(Cc2ccc(CC(C)=O)cc2)nc(C2CCCC2)n1. The van der Waals surface area contributed by atoms with Gasteiger partial charge in [-0.1, -0.05) is 44.0 Å². The minimum absolute atomic E-state index is 0.201. The first-order valence-electron chi connectivity index (χ1n) is 9.08. The van der Waals surface area contributed by atoms with Gasteiger partial charge in [-0.05, 0) is 43.4 Å². The highest BCUT2D eigenvalue weighted by atomic mass is 16.1. The van der Waals surface area contributed by atoms with Gasteiger partial charge < -0.3 is 0 Å². The summed E-state index contributed by atoms with van der Waals surface area (Å²) in [6, 6.07) is 10.5. The van der Waals surface area contributed by atoms with Crippen molar-refractivity contribution < 1.29 is 4.79 Å². The zero-order chi connectivity index (χ0) is 16.9. The number of ketones is 1. The van der Waals surface area contributed by atoms with Crippen molar-refractivity contribution in [2.24, 2.45) is 0 Å². The van der Waals surface area contributed by atoms with Crippen LogP contribution in [0.1, 0.15) is 73.8 Å². The van der Waals surface area contributed by atoms with Gasteiger partial charge in [0.05, 0.1) is 0 Å². The van der Waals surface area contributed by atoms with E-state index in [1.165, 1.54) is 31.2 Å². The number of aryl methyl sites for hydroxylation is 1. The first-order valence-corrected chi connectivity index (χ1v) is 9.08. The highest BCUT2D eigenvalue weighted by molar-refractivity contribution is 5.78. The fourth-order valence-electron chi connectivity index (χ4n) is 3.49. The summed E-state index contributed by atoms with van der Waals surface area (Å²) in [6.45, 7) is 3.78. The van der Waals surface area contributed by atoms with Gasteiger partial charge in [-0.2, -0.15) is 0 Å². The summed E-state index contributed by atoms with van der Waals surface area (Å²) in [4.78, 5) is 20.8. The van der Waals surface area contributed by atoms with E-state index in [2.05, 4.69) is 37.3 Å². The lowest BCUT2D eigenvalue weighted by Crippen LogP contribution is -2.07. The number of carbonyl (C=O) groups is 1. The molecule has 0 bridgehead atoms. The smallest absolute Gasteiger partial charge is 0.134 e. The number of carbonyl (C=O) groups excluding carboxylic acids is 1. The van der Waals surface area contributed by atoms with Crippen LogP contribution in [-0.2, 0) is 24.1 Å². The lowest BCUT2D eigenvalue weighted by Gasteiger charge is -2.12. The molecule has 3 rings (SSSR count). The zero-order valence-corrected chi connectivity index (χ0v) is 14.7. The summed E-state index contributed by atoms with van der Waals surface area (Å²) in [5, 5.41) is 0. The molecule has 0 radical (unpaired) electrons. The summed E-state index contributed by atoms with van der Waals surface area (Å²) in [7, 11) is 0.